The van der Waals surface area contributed by atoms with Crippen molar-refractivity contribution in [3.63, 3.8) is 0 Å². The van der Waals surface area contributed by atoms with E-state index in [0.717, 1.165) is 26.3 Å². The van der Waals surface area contributed by atoms with Crippen LogP contribution in [0.3, 0.4) is 0 Å². The number of hydrogen-bond acceptors (Lipinski definition) is 12. The summed E-state index contributed by atoms with van der Waals surface area (Å²) < 4.78 is 34.4. The molecule has 0 bridgehead atoms. The summed E-state index contributed by atoms with van der Waals surface area (Å²) in [5.41, 5.74) is 1.57. The van der Waals surface area contributed by atoms with Crippen LogP contribution in [0, 0.1) is 0 Å². The van der Waals surface area contributed by atoms with Crippen molar-refractivity contribution in [1.82, 2.24) is 15.0 Å². The van der Waals surface area contributed by atoms with Crippen LogP contribution in [-0.4, -0.2) is 82.8 Å². The Hall–Kier alpha value is -3.84. The third kappa shape index (κ3) is 8.08. The lowest BCUT2D eigenvalue weighted by molar-refractivity contribution is -0.308. The maximum atomic E-state index is 11.9. The number of carbonyl (C=O) groups excluding carboxylic acids is 4. The third-order valence-electron chi connectivity index (χ3n) is 5.16. The molecule has 1 aromatic heterocycles. The minimum absolute atomic E-state index is 0.0331. The molecule has 37 heavy (non-hydrogen) atoms. The van der Waals surface area contributed by atoms with Crippen LogP contribution in [0.1, 0.15) is 27.7 Å². The Kier molecular flexibility index (Phi) is 9.69. The van der Waals surface area contributed by atoms with Crippen molar-refractivity contribution < 1.29 is 47.6 Å². The van der Waals surface area contributed by atoms with E-state index in [1.165, 1.54) is 6.92 Å². The molecule has 3 rings (SSSR count). The molecule has 1 aromatic carbocycles. The zero-order chi connectivity index (χ0) is 26.9. The zero-order valence-corrected chi connectivity index (χ0v) is 20.9. The fourth-order valence-electron chi connectivity index (χ4n) is 3.73. The maximum absolute atomic E-state index is 11.9. The molecule has 1 aliphatic rings. The molecular formula is C24H29N3O10. The van der Waals surface area contributed by atoms with Gasteiger partial charge in [0.2, 0.25) is 0 Å². The average Bonchev–Trinajstić information content (AvgIpc) is 3.30. The monoisotopic (exact) mass is 519 g/mol. The lowest BCUT2D eigenvalue weighted by atomic mass is 9.98. The molecule has 2 aromatic rings. The van der Waals surface area contributed by atoms with Gasteiger partial charge >= 0.3 is 23.9 Å². The fourth-order valence-corrected chi connectivity index (χ4v) is 3.73. The number of rotatable bonds is 10. The van der Waals surface area contributed by atoms with Crippen molar-refractivity contribution in [3.05, 3.63) is 36.5 Å². The molecule has 1 aliphatic heterocycles. The van der Waals surface area contributed by atoms with Gasteiger partial charge in [0.15, 0.2) is 24.6 Å². The van der Waals surface area contributed by atoms with Gasteiger partial charge in [-0.3, -0.25) is 19.2 Å². The lowest BCUT2D eigenvalue weighted by Crippen LogP contribution is -2.63. The first kappa shape index (κ1) is 27.7. The van der Waals surface area contributed by atoms with E-state index in [9.17, 15) is 19.2 Å². The molecule has 0 aliphatic carbocycles. The standard InChI is InChI=1S/C24H29N3O10/c1-14(28)33-13-20-21(34-15(2)29)22(35-16(3)30)23(36-17(4)31)24(37-20)32-11-10-27-12-19(25-26-27)18-8-6-5-7-9-18/h5-9,12,20-24H,10-11,13H2,1-4H3/t20-,21-,22+,23-,24-/m1/s1. The van der Waals surface area contributed by atoms with Crippen molar-refractivity contribution in [1.29, 1.82) is 0 Å². The van der Waals surface area contributed by atoms with E-state index < -0.39 is 54.6 Å². The van der Waals surface area contributed by atoms with Crippen molar-refractivity contribution in [3.8, 4) is 11.3 Å². The van der Waals surface area contributed by atoms with Gasteiger partial charge in [0.1, 0.15) is 18.4 Å². The summed E-state index contributed by atoms with van der Waals surface area (Å²) in [5.74, 6) is -2.74. The summed E-state index contributed by atoms with van der Waals surface area (Å²) in [6.45, 7) is 4.62. The predicted octanol–water partition coefficient (Wildman–Crippen LogP) is 1.04. The minimum Gasteiger partial charge on any atom is -0.463 e. The number of carbonyl (C=O) groups is 4. The number of nitrogens with zero attached hydrogens (tertiary/aromatic N) is 3. The van der Waals surface area contributed by atoms with E-state index in [2.05, 4.69) is 10.3 Å². The van der Waals surface area contributed by atoms with Crippen LogP contribution in [-0.2, 0) is 54.1 Å². The Bertz CT molecular complexity index is 1090. The topological polar surface area (TPSA) is 154 Å². The zero-order valence-electron chi connectivity index (χ0n) is 20.9. The quantitative estimate of drug-likeness (QED) is 0.325. The first-order valence-electron chi connectivity index (χ1n) is 11.5. The molecule has 13 nitrogen and oxygen atoms in total. The predicted molar refractivity (Wildman–Crippen MR) is 123 cm³/mol. The minimum atomic E-state index is -1.29. The number of aromatic nitrogens is 3. The molecule has 1 fully saturated rings. The molecule has 0 saturated carbocycles. The van der Waals surface area contributed by atoms with Gasteiger partial charge in [-0.2, -0.15) is 0 Å². The van der Waals surface area contributed by atoms with Crippen molar-refractivity contribution >= 4 is 23.9 Å². The largest absolute Gasteiger partial charge is 0.463 e. The second-order valence-electron chi connectivity index (χ2n) is 8.17. The highest BCUT2D eigenvalue weighted by Gasteiger charge is 2.52. The molecule has 1 saturated heterocycles. The van der Waals surface area contributed by atoms with Gasteiger partial charge in [-0.1, -0.05) is 35.5 Å². The van der Waals surface area contributed by atoms with Gasteiger partial charge in [-0.25, -0.2) is 4.68 Å². The van der Waals surface area contributed by atoms with E-state index in [4.69, 9.17) is 28.4 Å². The molecule has 0 radical (unpaired) electrons. The Morgan fingerprint density at radius 2 is 1.49 bits per heavy atom. The Labute approximate surface area is 212 Å². The Morgan fingerprint density at radius 1 is 0.865 bits per heavy atom. The van der Waals surface area contributed by atoms with Crippen LogP contribution in [0.2, 0.25) is 0 Å². The van der Waals surface area contributed by atoms with Crippen LogP contribution in [0.15, 0.2) is 36.5 Å². The van der Waals surface area contributed by atoms with E-state index in [0.29, 0.717) is 5.69 Å². The maximum Gasteiger partial charge on any atom is 0.303 e. The summed E-state index contributed by atoms with van der Waals surface area (Å²) >= 11 is 0. The first-order chi connectivity index (χ1) is 17.6. The normalized spacial score (nSPS) is 23.1. The fraction of sp³-hybridized carbons (Fsp3) is 0.500. The molecule has 0 spiro atoms. The van der Waals surface area contributed by atoms with Gasteiger partial charge in [0.05, 0.1) is 19.3 Å². The van der Waals surface area contributed by atoms with E-state index in [-0.39, 0.29) is 19.8 Å². The van der Waals surface area contributed by atoms with Crippen LogP contribution in [0.4, 0.5) is 0 Å². The SMILES string of the molecule is CC(=O)OC[C@H]1O[C@@H](OCCn2cc(-c3ccccc3)nn2)[C@H](OC(C)=O)[C@@H](OC(C)=O)[C@@H]1OC(C)=O. The number of hydrogen-bond donors (Lipinski definition) is 0. The van der Waals surface area contributed by atoms with Gasteiger partial charge in [-0.15, -0.1) is 5.10 Å². The summed E-state index contributed by atoms with van der Waals surface area (Å²) in [4.78, 5) is 47.0. The van der Waals surface area contributed by atoms with Crippen molar-refractivity contribution in [2.45, 2.75) is 64.9 Å². The van der Waals surface area contributed by atoms with Crippen molar-refractivity contribution in [2.24, 2.45) is 0 Å². The second kappa shape index (κ2) is 12.9. The molecule has 0 amide bonds. The highest BCUT2D eigenvalue weighted by Crippen LogP contribution is 2.30. The van der Waals surface area contributed by atoms with Gasteiger partial charge in [-0.05, 0) is 0 Å². The van der Waals surface area contributed by atoms with Gasteiger partial charge < -0.3 is 28.4 Å². The molecule has 0 unspecified atom stereocenters. The molecule has 2 heterocycles. The van der Waals surface area contributed by atoms with Crippen LogP contribution in [0.5, 0.6) is 0 Å². The summed E-state index contributed by atoms with van der Waals surface area (Å²) in [6, 6.07) is 9.49. The van der Waals surface area contributed by atoms with Crippen LogP contribution in [0.25, 0.3) is 11.3 Å². The third-order valence-corrected chi connectivity index (χ3v) is 5.16. The average molecular weight is 520 g/mol. The Balaban J connectivity index is 1.78. The number of ether oxygens (including phenoxy) is 6. The second-order valence-corrected chi connectivity index (χ2v) is 8.17. The molecule has 0 N–H and O–H groups in total. The number of esters is 4. The van der Waals surface area contributed by atoms with Gasteiger partial charge in [0.25, 0.3) is 0 Å². The summed E-state index contributed by atoms with van der Waals surface area (Å²) in [7, 11) is 0. The van der Waals surface area contributed by atoms with E-state index in [1.54, 1.807) is 10.9 Å². The molecule has 200 valence electrons. The van der Waals surface area contributed by atoms with E-state index >= 15 is 0 Å². The smallest absolute Gasteiger partial charge is 0.303 e. The molecule has 13 heteroatoms. The highest BCUT2D eigenvalue weighted by molar-refractivity contribution is 5.68. The van der Waals surface area contributed by atoms with Crippen molar-refractivity contribution in [2.75, 3.05) is 13.2 Å². The van der Waals surface area contributed by atoms with Gasteiger partial charge in [0, 0.05) is 33.3 Å². The summed E-state index contributed by atoms with van der Waals surface area (Å²) in [5, 5.41) is 8.23. The van der Waals surface area contributed by atoms with Crippen LogP contribution >= 0.6 is 0 Å². The lowest BCUT2D eigenvalue weighted by Gasteiger charge is -2.44. The highest BCUT2D eigenvalue weighted by atomic mass is 16.7. The number of benzene rings is 1. The molecular weight excluding hydrogens is 490 g/mol. The van der Waals surface area contributed by atoms with Crippen LogP contribution < -0.4 is 0 Å². The van der Waals surface area contributed by atoms with E-state index in [1.807, 2.05) is 30.3 Å². The Morgan fingerprint density at radius 3 is 2.11 bits per heavy atom. The molecule has 5 atom stereocenters. The summed E-state index contributed by atoms with van der Waals surface area (Å²) in [6.07, 6.45) is -4.40. The first-order valence-corrected chi connectivity index (χ1v) is 11.5.